The summed E-state index contributed by atoms with van der Waals surface area (Å²) in [4.78, 5) is 15.0. The Morgan fingerprint density at radius 2 is 2.05 bits per heavy atom. The number of Topliss-reactive ketones (excluding diaryl/α,β-unsaturated/α-hetero) is 1. The van der Waals surface area contributed by atoms with Crippen molar-refractivity contribution in [2.45, 2.75) is 52.0 Å². The van der Waals surface area contributed by atoms with E-state index in [0.29, 0.717) is 24.9 Å². The minimum atomic E-state index is 0.180. The zero-order chi connectivity index (χ0) is 15.1. The molecule has 0 N–H and O–H groups in total. The van der Waals surface area contributed by atoms with Crippen molar-refractivity contribution in [2.24, 2.45) is 0 Å². The monoisotopic (exact) mass is 289 g/mol. The van der Waals surface area contributed by atoms with Crippen LogP contribution in [0.15, 0.2) is 24.3 Å². The predicted octanol–water partition coefficient (Wildman–Crippen LogP) is 3.92. The summed E-state index contributed by atoms with van der Waals surface area (Å²) in [6.45, 7) is 6.32. The first-order valence-corrected chi connectivity index (χ1v) is 8.25. The van der Waals surface area contributed by atoms with Gasteiger partial charge in [-0.3, -0.25) is 9.69 Å². The van der Waals surface area contributed by atoms with Crippen LogP contribution in [0.4, 0.5) is 0 Å². The van der Waals surface area contributed by atoms with Crippen LogP contribution in [0.2, 0.25) is 0 Å². The number of hydrogen-bond acceptors (Lipinski definition) is 3. The molecule has 1 aromatic rings. The van der Waals surface area contributed by atoms with Gasteiger partial charge in [0.2, 0.25) is 0 Å². The SMILES string of the molecule is CCOc1ccccc1C(=O)CN1CCCCCC1CC. The maximum absolute atomic E-state index is 12.7. The summed E-state index contributed by atoms with van der Waals surface area (Å²) in [5.41, 5.74) is 0.721. The van der Waals surface area contributed by atoms with E-state index in [-0.39, 0.29) is 5.78 Å². The zero-order valence-electron chi connectivity index (χ0n) is 13.3. The van der Waals surface area contributed by atoms with Crippen LogP contribution in [0.1, 0.15) is 56.3 Å². The highest BCUT2D eigenvalue weighted by Gasteiger charge is 2.23. The van der Waals surface area contributed by atoms with Gasteiger partial charge in [-0.2, -0.15) is 0 Å². The van der Waals surface area contributed by atoms with Gasteiger partial charge < -0.3 is 4.74 Å². The summed E-state index contributed by atoms with van der Waals surface area (Å²) in [5, 5.41) is 0. The van der Waals surface area contributed by atoms with E-state index in [0.717, 1.165) is 18.5 Å². The number of carbonyl (C=O) groups excluding carboxylic acids is 1. The van der Waals surface area contributed by atoms with Crippen molar-refractivity contribution in [3.8, 4) is 5.75 Å². The molecule has 21 heavy (non-hydrogen) atoms. The number of nitrogens with zero attached hydrogens (tertiary/aromatic N) is 1. The van der Waals surface area contributed by atoms with Crippen LogP contribution in [0, 0.1) is 0 Å². The molecule has 0 saturated carbocycles. The molecular formula is C18H27NO2. The summed E-state index contributed by atoms with van der Waals surface area (Å²) in [6.07, 6.45) is 6.13. The lowest BCUT2D eigenvalue weighted by molar-refractivity contribution is 0.0887. The Kier molecular flexibility index (Phi) is 6.24. The van der Waals surface area contributed by atoms with Gasteiger partial charge in [0.05, 0.1) is 18.7 Å². The summed E-state index contributed by atoms with van der Waals surface area (Å²) in [6, 6.07) is 8.15. The lowest BCUT2D eigenvalue weighted by Crippen LogP contribution is -2.38. The van der Waals surface area contributed by atoms with Gasteiger partial charge >= 0.3 is 0 Å². The zero-order valence-corrected chi connectivity index (χ0v) is 13.3. The number of likely N-dealkylation sites (tertiary alicyclic amines) is 1. The third-order valence-electron chi connectivity index (χ3n) is 4.30. The van der Waals surface area contributed by atoms with Gasteiger partial charge in [0.15, 0.2) is 5.78 Å². The molecule has 0 bridgehead atoms. The molecule has 1 aromatic carbocycles. The fourth-order valence-electron chi connectivity index (χ4n) is 3.16. The molecular weight excluding hydrogens is 262 g/mol. The van der Waals surface area contributed by atoms with Crippen molar-refractivity contribution < 1.29 is 9.53 Å². The van der Waals surface area contributed by atoms with Gasteiger partial charge in [-0.25, -0.2) is 0 Å². The lowest BCUT2D eigenvalue weighted by Gasteiger charge is -2.28. The fourth-order valence-corrected chi connectivity index (χ4v) is 3.16. The maximum atomic E-state index is 12.7. The van der Waals surface area contributed by atoms with Crippen molar-refractivity contribution in [3.05, 3.63) is 29.8 Å². The van der Waals surface area contributed by atoms with E-state index in [9.17, 15) is 4.79 Å². The van der Waals surface area contributed by atoms with Crippen molar-refractivity contribution in [1.29, 1.82) is 0 Å². The van der Waals surface area contributed by atoms with E-state index in [1.807, 2.05) is 31.2 Å². The average molecular weight is 289 g/mol. The summed E-state index contributed by atoms with van der Waals surface area (Å²) >= 11 is 0. The average Bonchev–Trinajstić information content (AvgIpc) is 2.73. The predicted molar refractivity (Wildman–Crippen MR) is 86.1 cm³/mol. The highest BCUT2D eigenvalue weighted by atomic mass is 16.5. The Balaban J connectivity index is 2.09. The van der Waals surface area contributed by atoms with E-state index < -0.39 is 0 Å². The first-order valence-electron chi connectivity index (χ1n) is 8.25. The summed E-state index contributed by atoms with van der Waals surface area (Å²) in [7, 11) is 0. The van der Waals surface area contributed by atoms with Crippen LogP contribution < -0.4 is 4.74 Å². The number of carbonyl (C=O) groups is 1. The molecule has 0 spiro atoms. The smallest absolute Gasteiger partial charge is 0.180 e. The first-order chi connectivity index (χ1) is 10.3. The van der Waals surface area contributed by atoms with Crippen LogP contribution >= 0.6 is 0 Å². The second kappa shape index (κ2) is 8.18. The second-order valence-electron chi connectivity index (χ2n) is 5.73. The van der Waals surface area contributed by atoms with Crippen LogP contribution in [-0.2, 0) is 0 Å². The quantitative estimate of drug-likeness (QED) is 0.743. The first kappa shape index (κ1) is 16.0. The van der Waals surface area contributed by atoms with Gasteiger partial charge in [0, 0.05) is 6.04 Å². The highest BCUT2D eigenvalue weighted by Crippen LogP contribution is 2.22. The molecule has 0 aliphatic carbocycles. The van der Waals surface area contributed by atoms with E-state index in [4.69, 9.17) is 4.74 Å². The molecule has 0 aromatic heterocycles. The molecule has 2 rings (SSSR count). The number of ether oxygens (including phenoxy) is 1. The number of ketones is 1. The Morgan fingerprint density at radius 3 is 2.81 bits per heavy atom. The molecule has 1 aliphatic heterocycles. The fraction of sp³-hybridized carbons (Fsp3) is 0.611. The summed E-state index contributed by atoms with van der Waals surface area (Å²) in [5.74, 6) is 0.896. The Bertz CT molecular complexity index is 458. The van der Waals surface area contributed by atoms with Gasteiger partial charge in [-0.05, 0) is 44.9 Å². The number of rotatable bonds is 6. The Hall–Kier alpha value is -1.35. The van der Waals surface area contributed by atoms with Crippen LogP contribution in [0.5, 0.6) is 5.75 Å². The largest absolute Gasteiger partial charge is 0.493 e. The van der Waals surface area contributed by atoms with Crippen molar-refractivity contribution >= 4 is 5.78 Å². The van der Waals surface area contributed by atoms with E-state index in [2.05, 4.69) is 11.8 Å². The van der Waals surface area contributed by atoms with Crippen LogP contribution in [0.25, 0.3) is 0 Å². The normalized spacial score (nSPS) is 20.0. The molecule has 1 atom stereocenters. The lowest BCUT2D eigenvalue weighted by atomic mass is 10.1. The maximum Gasteiger partial charge on any atom is 0.180 e. The molecule has 116 valence electrons. The number of hydrogen-bond donors (Lipinski definition) is 0. The van der Waals surface area contributed by atoms with E-state index >= 15 is 0 Å². The van der Waals surface area contributed by atoms with Crippen LogP contribution in [-0.4, -0.2) is 36.4 Å². The minimum absolute atomic E-state index is 0.180. The van der Waals surface area contributed by atoms with Crippen molar-refractivity contribution in [3.63, 3.8) is 0 Å². The third-order valence-corrected chi connectivity index (χ3v) is 4.30. The van der Waals surface area contributed by atoms with E-state index in [1.165, 1.54) is 25.7 Å². The van der Waals surface area contributed by atoms with Crippen LogP contribution in [0.3, 0.4) is 0 Å². The highest BCUT2D eigenvalue weighted by molar-refractivity contribution is 6.00. The molecule has 0 amide bonds. The number of para-hydroxylation sites is 1. The van der Waals surface area contributed by atoms with Crippen molar-refractivity contribution in [1.82, 2.24) is 4.90 Å². The topological polar surface area (TPSA) is 29.5 Å². The van der Waals surface area contributed by atoms with Gasteiger partial charge in [0.25, 0.3) is 0 Å². The third kappa shape index (κ3) is 4.31. The second-order valence-corrected chi connectivity index (χ2v) is 5.73. The molecule has 1 aliphatic rings. The standard InChI is InChI=1S/C18H27NO2/c1-3-15-10-6-5-9-13-19(15)14-17(20)16-11-7-8-12-18(16)21-4-2/h7-8,11-12,15H,3-6,9-10,13-14H2,1-2H3. The van der Waals surface area contributed by atoms with E-state index in [1.54, 1.807) is 0 Å². The summed E-state index contributed by atoms with van der Waals surface area (Å²) < 4.78 is 5.59. The number of benzene rings is 1. The molecule has 3 nitrogen and oxygen atoms in total. The molecule has 0 radical (unpaired) electrons. The molecule has 1 unspecified atom stereocenters. The van der Waals surface area contributed by atoms with Crippen molar-refractivity contribution in [2.75, 3.05) is 19.7 Å². The molecule has 1 fully saturated rings. The molecule has 1 heterocycles. The Morgan fingerprint density at radius 1 is 1.24 bits per heavy atom. The Labute approximate surface area is 128 Å². The van der Waals surface area contributed by atoms with Gasteiger partial charge in [-0.15, -0.1) is 0 Å². The molecule has 3 heteroatoms. The minimum Gasteiger partial charge on any atom is -0.493 e. The van der Waals surface area contributed by atoms with Gasteiger partial charge in [0.1, 0.15) is 5.75 Å². The van der Waals surface area contributed by atoms with Gasteiger partial charge in [-0.1, -0.05) is 31.9 Å². The molecule has 1 saturated heterocycles.